The quantitative estimate of drug-likeness (QED) is 0.811. The minimum Gasteiger partial charge on any atom is -0.464 e. The third-order valence-electron chi connectivity index (χ3n) is 2.70. The lowest BCUT2D eigenvalue weighted by atomic mass is 10.0. The summed E-state index contributed by atoms with van der Waals surface area (Å²) in [5.41, 5.74) is 2.87. The first-order chi connectivity index (χ1) is 8.22. The van der Waals surface area contributed by atoms with E-state index in [1.54, 1.807) is 13.0 Å². The Morgan fingerprint density at radius 2 is 2.18 bits per heavy atom. The molecule has 0 radical (unpaired) electrons. The van der Waals surface area contributed by atoms with E-state index in [-0.39, 0.29) is 6.61 Å². The molecule has 1 aromatic rings. The van der Waals surface area contributed by atoms with Crippen molar-refractivity contribution in [1.29, 1.82) is 0 Å². The number of rotatable bonds is 4. The van der Waals surface area contributed by atoms with Crippen LogP contribution >= 0.6 is 0 Å². The average Bonchev–Trinajstić information content (AvgIpc) is 3.13. The minimum atomic E-state index is -1.19. The van der Waals surface area contributed by atoms with Crippen molar-refractivity contribution in [1.82, 2.24) is 0 Å². The van der Waals surface area contributed by atoms with Crippen molar-refractivity contribution in [2.24, 2.45) is 0 Å². The molecule has 0 aliphatic heterocycles. The molecule has 90 valence electrons. The Balaban J connectivity index is 2.24. The van der Waals surface area contributed by atoms with Crippen LogP contribution in [-0.4, -0.2) is 17.7 Å². The van der Waals surface area contributed by atoms with E-state index in [1.165, 1.54) is 5.57 Å². The predicted octanol–water partition coefficient (Wildman–Crippen LogP) is 2.46. The van der Waals surface area contributed by atoms with Gasteiger partial charge in [0.15, 0.2) is 6.10 Å². The zero-order valence-electron chi connectivity index (χ0n) is 9.85. The third kappa shape index (κ3) is 2.94. The monoisotopic (exact) mass is 232 g/mol. The predicted molar refractivity (Wildman–Crippen MR) is 65.2 cm³/mol. The number of aliphatic hydroxyl groups is 1. The molecule has 2 rings (SSSR count). The van der Waals surface area contributed by atoms with Gasteiger partial charge in [-0.15, -0.1) is 0 Å². The summed E-state index contributed by atoms with van der Waals surface area (Å²) in [7, 11) is 0. The molecule has 0 saturated heterocycles. The van der Waals surface area contributed by atoms with Crippen LogP contribution in [0.3, 0.4) is 0 Å². The number of carbonyl (C=O) groups is 1. The fraction of sp³-hybridized carbons (Fsp3) is 0.357. The van der Waals surface area contributed by atoms with E-state index in [4.69, 9.17) is 4.74 Å². The Morgan fingerprint density at radius 1 is 1.47 bits per heavy atom. The van der Waals surface area contributed by atoms with Crippen molar-refractivity contribution in [3.05, 3.63) is 41.0 Å². The standard InChI is InChI=1S/C14H16O3/c1-2-17-14(16)13(15)12-6-4-3-5-11(12)9-10-7-8-10/h3-6,9,13,15H,2,7-8H2,1H3. The van der Waals surface area contributed by atoms with Crippen molar-refractivity contribution < 1.29 is 14.6 Å². The van der Waals surface area contributed by atoms with E-state index < -0.39 is 12.1 Å². The highest BCUT2D eigenvalue weighted by atomic mass is 16.5. The highest BCUT2D eigenvalue weighted by Crippen LogP contribution is 2.32. The van der Waals surface area contributed by atoms with Gasteiger partial charge in [-0.2, -0.15) is 0 Å². The number of allylic oxidation sites excluding steroid dienone is 1. The third-order valence-corrected chi connectivity index (χ3v) is 2.70. The number of hydrogen-bond donors (Lipinski definition) is 1. The van der Waals surface area contributed by atoms with E-state index in [0.29, 0.717) is 5.56 Å². The summed E-state index contributed by atoms with van der Waals surface area (Å²) in [6.45, 7) is 2.00. The molecule has 1 saturated carbocycles. The van der Waals surface area contributed by atoms with E-state index in [9.17, 15) is 9.90 Å². The lowest BCUT2D eigenvalue weighted by Crippen LogP contribution is -2.16. The summed E-state index contributed by atoms with van der Waals surface area (Å²) in [5.74, 6) is -0.589. The van der Waals surface area contributed by atoms with Crippen LogP contribution in [0.5, 0.6) is 0 Å². The maximum Gasteiger partial charge on any atom is 0.339 e. The maximum absolute atomic E-state index is 11.5. The summed E-state index contributed by atoms with van der Waals surface area (Å²) < 4.78 is 4.82. The molecule has 1 fully saturated rings. The minimum absolute atomic E-state index is 0.277. The number of esters is 1. The number of carbonyl (C=O) groups excluding carboxylic acids is 1. The van der Waals surface area contributed by atoms with Gasteiger partial charge in [0.05, 0.1) is 6.61 Å². The largest absolute Gasteiger partial charge is 0.464 e. The molecular formula is C14H16O3. The van der Waals surface area contributed by atoms with Gasteiger partial charge in [0.25, 0.3) is 0 Å². The van der Waals surface area contributed by atoms with Crippen LogP contribution in [-0.2, 0) is 9.53 Å². The first-order valence-electron chi connectivity index (χ1n) is 5.85. The zero-order chi connectivity index (χ0) is 12.3. The van der Waals surface area contributed by atoms with Gasteiger partial charge in [-0.05, 0) is 30.9 Å². The van der Waals surface area contributed by atoms with Crippen molar-refractivity contribution >= 4 is 12.0 Å². The Bertz CT molecular complexity index is 443. The second kappa shape index (κ2) is 5.15. The molecule has 1 aliphatic rings. The van der Waals surface area contributed by atoms with E-state index >= 15 is 0 Å². The molecule has 1 aromatic carbocycles. The molecule has 0 bridgehead atoms. The molecule has 0 aromatic heterocycles. The van der Waals surface area contributed by atoms with Gasteiger partial charge in [-0.1, -0.05) is 35.9 Å². The number of aliphatic hydroxyl groups excluding tert-OH is 1. The fourth-order valence-corrected chi connectivity index (χ4v) is 1.68. The van der Waals surface area contributed by atoms with E-state index in [1.807, 2.05) is 24.3 Å². The first-order valence-corrected chi connectivity index (χ1v) is 5.85. The molecule has 3 nitrogen and oxygen atoms in total. The Hall–Kier alpha value is -1.61. The molecule has 3 heteroatoms. The fourth-order valence-electron chi connectivity index (χ4n) is 1.68. The lowest BCUT2D eigenvalue weighted by Gasteiger charge is -2.12. The first kappa shape index (κ1) is 11.9. The van der Waals surface area contributed by atoms with Crippen LogP contribution in [0.4, 0.5) is 0 Å². The van der Waals surface area contributed by atoms with E-state index in [0.717, 1.165) is 18.4 Å². The van der Waals surface area contributed by atoms with Crippen molar-refractivity contribution in [3.8, 4) is 0 Å². The van der Waals surface area contributed by atoms with Crippen LogP contribution in [0.25, 0.3) is 6.08 Å². The topological polar surface area (TPSA) is 46.5 Å². The SMILES string of the molecule is CCOC(=O)C(O)c1ccccc1C=C1CC1. The van der Waals surface area contributed by atoms with Gasteiger partial charge < -0.3 is 9.84 Å². The van der Waals surface area contributed by atoms with Crippen LogP contribution in [0.2, 0.25) is 0 Å². The maximum atomic E-state index is 11.5. The summed E-state index contributed by atoms with van der Waals surface area (Å²) in [4.78, 5) is 11.5. The van der Waals surface area contributed by atoms with Crippen molar-refractivity contribution in [2.45, 2.75) is 25.9 Å². The van der Waals surface area contributed by atoms with Crippen LogP contribution < -0.4 is 0 Å². The summed E-state index contributed by atoms with van der Waals surface area (Å²) in [6, 6.07) is 7.38. The molecule has 0 heterocycles. The number of hydrogen-bond acceptors (Lipinski definition) is 3. The molecule has 17 heavy (non-hydrogen) atoms. The summed E-state index contributed by atoms with van der Waals surface area (Å²) >= 11 is 0. The van der Waals surface area contributed by atoms with Gasteiger partial charge in [-0.3, -0.25) is 0 Å². The van der Waals surface area contributed by atoms with Gasteiger partial charge >= 0.3 is 5.97 Å². The normalized spacial score (nSPS) is 15.3. The lowest BCUT2D eigenvalue weighted by molar-refractivity contribution is -0.153. The molecule has 1 atom stereocenters. The second-order valence-electron chi connectivity index (χ2n) is 4.09. The number of benzene rings is 1. The zero-order valence-corrected chi connectivity index (χ0v) is 9.85. The van der Waals surface area contributed by atoms with Gasteiger partial charge in [0, 0.05) is 0 Å². The second-order valence-corrected chi connectivity index (χ2v) is 4.09. The number of ether oxygens (including phenoxy) is 1. The van der Waals surface area contributed by atoms with E-state index in [2.05, 4.69) is 0 Å². The molecule has 1 unspecified atom stereocenters. The molecule has 0 spiro atoms. The smallest absolute Gasteiger partial charge is 0.339 e. The molecule has 1 aliphatic carbocycles. The van der Waals surface area contributed by atoms with Gasteiger partial charge in [0.2, 0.25) is 0 Å². The van der Waals surface area contributed by atoms with Crippen LogP contribution in [0.1, 0.15) is 37.0 Å². The highest BCUT2D eigenvalue weighted by Gasteiger charge is 2.21. The Morgan fingerprint density at radius 3 is 2.82 bits per heavy atom. The van der Waals surface area contributed by atoms with Crippen molar-refractivity contribution in [2.75, 3.05) is 6.61 Å². The molecule has 1 N–H and O–H groups in total. The Labute approximate surface area is 101 Å². The van der Waals surface area contributed by atoms with Gasteiger partial charge in [-0.25, -0.2) is 4.79 Å². The Kier molecular flexibility index (Phi) is 3.59. The summed E-state index contributed by atoms with van der Waals surface area (Å²) in [5, 5.41) is 9.93. The van der Waals surface area contributed by atoms with Gasteiger partial charge in [0.1, 0.15) is 0 Å². The molecule has 0 amide bonds. The van der Waals surface area contributed by atoms with Crippen LogP contribution in [0.15, 0.2) is 29.8 Å². The van der Waals surface area contributed by atoms with Crippen LogP contribution in [0, 0.1) is 0 Å². The van der Waals surface area contributed by atoms with Crippen molar-refractivity contribution in [3.63, 3.8) is 0 Å². The average molecular weight is 232 g/mol. The molecular weight excluding hydrogens is 216 g/mol. The summed E-state index contributed by atoms with van der Waals surface area (Å²) in [6.07, 6.45) is 3.08. The highest BCUT2D eigenvalue weighted by molar-refractivity contribution is 5.78.